The monoisotopic (exact) mass is 347 g/mol. The van der Waals surface area contributed by atoms with E-state index in [1.54, 1.807) is 4.68 Å². The fraction of sp³-hybridized carbons (Fsp3) is 0.529. The first-order chi connectivity index (χ1) is 12.0. The summed E-state index contributed by atoms with van der Waals surface area (Å²) in [6, 6.07) is 3.59. The second kappa shape index (κ2) is 6.16. The van der Waals surface area contributed by atoms with Gasteiger partial charge in [0.15, 0.2) is 5.82 Å². The summed E-state index contributed by atoms with van der Waals surface area (Å²) in [6.07, 6.45) is 2.28. The molecule has 0 bridgehead atoms. The van der Waals surface area contributed by atoms with Crippen molar-refractivity contribution in [2.75, 3.05) is 13.1 Å². The Morgan fingerprint density at radius 2 is 2.00 bits per heavy atom. The molecule has 1 aromatic heterocycles. The average molecular weight is 347 g/mol. The van der Waals surface area contributed by atoms with E-state index in [1.165, 1.54) is 12.1 Å². The Labute approximate surface area is 143 Å². The maximum atomic E-state index is 13.9. The van der Waals surface area contributed by atoms with Gasteiger partial charge in [-0.1, -0.05) is 6.07 Å². The molecule has 0 unspecified atom stereocenters. The van der Waals surface area contributed by atoms with Crippen LogP contribution in [0.25, 0.3) is 0 Å². The Kier molecular flexibility index (Phi) is 3.97. The molecule has 6 nitrogen and oxygen atoms in total. The van der Waals surface area contributed by atoms with Crippen molar-refractivity contribution in [1.82, 2.24) is 25.1 Å². The van der Waals surface area contributed by atoms with Crippen molar-refractivity contribution in [3.63, 3.8) is 0 Å². The predicted molar refractivity (Wildman–Crippen MR) is 84.6 cm³/mol. The van der Waals surface area contributed by atoms with Gasteiger partial charge in [0.25, 0.3) is 0 Å². The topological polar surface area (TPSA) is 63.9 Å². The molecule has 1 aliphatic heterocycles. The minimum atomic E-state index is -0.592. The average Bonchev–Trinajstić information content (AvgIpc) is 3.27. The highest BCUT2D eigenvalue weighted by molar-refractivity contribution is 5.83. The number of likely N-dealkylation sites (tertiary alicyclic amines) is 1. The van der Waals surface area contributed by atoms with E-state index in [1.807, 2.05) is 11.9 Å². The first-order valence-electron chi connectivity index (χ1n) is 8.50. The van der Waals surface area contributed by atoms with Gasteiger partial charge >= 0.3 is 0 Å². The van der Waals surface area contributed by atoms with Gasteiger partial charge in [-0.15, -0.1) is 5.10 Å². The van der Waals surface area contributed by atoms with Crippen LogP contribution in [0.5, 0.6) is 0 Å². The van der Waals surface area contributed by atoms with Crippen LogP contribution in [-0.2, 0) is 11.8 Å². The van der Waals surface area contributed by atoms with E-state index in [-0.39, 0.29) is 23.7 Å². The molecule has 1 aliphatic carbocycles. The summed E-state index contributed by atoms with van der Waals surface area (Å²) in [6.45, 7) is 1.32. The maximum Gasteiger partial charge on any atom is 0.226 e. The first-order valence-corrected chi connectivity index (χ1v) is 8.50. The number of piperidine rings is 1. The van der Waals surface area contributed by atoms with Gasteiger partial charge in [0.1, 0.15) is 11.6 Å². The maximum absolute atomic E-state index is 13.9. The molecule has 4 rings (SSSR count). The molecule has 2 atom stereocenters. The number of carbonyl (C=O) groups excluding carboxylic acids is 1. The summed E-state index contributed by atoms with van der Waals surface area (Å²) in [7, 11) is 1.82. The number of hydrogen-bond donors (Lipinski definition) is 0. The Bertz CT molecular complexity index is 800. The van der Waals surface area contributed by atoms with Crippen LogP contribution in [0.15, 0.2) is 18.2 Å². The van der Waals surface area contributed by atoms with Gasteiger partial charge in [-0.05, 0) is 47.2 Å². The van der Waals surface area contributed by atoms with Crippen molar-refractivity contribution in [3.05, 3.63) is 41.2 Å². The molecule has 1 amide bonds. The van der Waals surface area contributed by atoms with E-state index in [4.69, 9.17) is 0 Å². The van der Waals surface area contributed by atoms with Crippen LogP contribution in [0, 0.1) is 17.6 Å². The van der Waals surface area contributed by atoms with E-state index in [9.17, 15) is 13.6 Å². The molecule has 25 heavy (non-hydrogen) atoms. The number of carbonyl (C=O) groups is 1. The highest BCUT2D eigenvalue weighted by atomic mass is 19.1. The Balaban J connectivity index is 1.36. The van der Waals surface area contributed by atoms with Crippen molar-refractivity contribution in [2.45, 2.75) is 31.1 Å². The standard InChI is InChI=1S/C17H19F2N5O/c1-23-16(20-21-22-23)10-4-6-24(7-5-10)17(25)14-9-13(14)12-3-2-11(18)8-15(12)19/h2-3,8,10,13-14H,4-7,9H2,1H3/t13-,14+/m1/s1. The van der Waals surface area contributed by atoms with Gasteiger partial charge in [-0.2, -0.15) is 0 Å². The molecule has 0 spiro atoms. The van der Waals surface area contributed by atoms with Crippen LogP contribution in [0.3, 0.4) is 0 Å². The Morgan fingerprint density at radius 1 is 1.24 bits per heavy atom. The molecule has 1 aromatic carbocycles. The zero-order valence-corrected chi connectivity index (χ0v) is 13.9. The predicted octanol–water partition coefficient (Wildman–Crippen LogP) is 2.00. The molecule has 2 fully saturated rings. The number of tetrazole rings is 1. The van der Waals surface area contributed by atoms with Crippen LogP contribution in [0.1, 0.15) is 42.5 Å². The van der Waals surface area contributed by atoms with Crippen molar-refractivity contribution < 1.29 is 13.6 Å². The van der Waals surface area contributed by atoms with Crippen LogP contribution < -0.4 is 0 Å². The van der Waals surface area contributed by atoms with E-state index >= 15 is 0 Å². The number of aryl methyl sites for hydroxylation is 1. The van der Waals surface area contributed by atoms with Gasteiger partial charge in [0, 0.05) is 38.0 Å². The van der Waals surface area contributed by atoms with Crippen LogP contribution in [0.4, 0.5) is 8.78 Å². The molecule has 0 N–H and O–H groups in total. The SMILES string of the molecule is Cn1nnnc1C1CCN(C(=O)[C@H]2C[C@@H]2c2ccc(F)cc2F)CC1. The Morgan fingerprint density at radius 3 is 2.64 bits per heavy atom. The van der Waals surface area contributed by atoms with E-state index in [2.05, 4.69) is 15.5 Å². The number of halogens is 2. The number of amides is 1. The van der Waals surface area contributed by atoms with Crippen molar-refractivity contribution in [2.24, 2.45) is 13.0 Å². The Hall–Kier alpha value is -2.38. The molecule has 2 heterocycles. The van der Waals surface area contributed by atoms with Crippen LogP contribution >= 0.6 is 0 Å². The summed E-state index contributed by atoms with van der Waals surface area (Å²) in [4.78, 5) is 14.5. The number of benzene rings is 1. The smallest absolute Gasteiger partial charge is 0.226 e. The summed E-state index contributed by atoms with van der Waals surface area (Å²) < 4.78 is 28.6. The van der Waals surface area contributed by atoms with Crippen LogP contribution in [0.2, 0.25) is 0 Å². The number of hydrogen-bond acceptors (Lipinski definition) is 4. The van der Waals surface area contributed by atoms with E-state index < -0.39 is 11.6 Å². The summed E-state index contributed by atoms with van der Waals surface area (Å²) in [5.74, 6) is -0.290. The molecule has 1 saturated carbocycles. The molecule has 0 radical (unpaired) electrons. The highest BCUT2D eigenvalue weighted by Gasteiger charge is 2.47. The summed E-state index contributed by atoms with van der Waals surface area (Å²) >= 11 is 0. The molecule has 2 aromatic rings. The molecule has 132 valence electrons. The fourth-order valence-corrected chi connectivity index (χ4v) is 3.79. The zero-order valence-electron chi connectivity index (χ0n) is 13.9. The van der Waals surface area contributed by atoms with E-state index in [0.29, 0.717) is 25.1 Å². The third-order valence-electron chi connectivity index (χ3n) is 5.29. The quantitative estimate of drug-likeness (QED) is 0.852. The third-order valence-corrected chi connectivity index (χ3v) is 5.29. The molecular formula is C17H19F2N5O. The lowest BCUT2D eigenvalue weighted by Gasteiger charge is -2.31. The van der Waals surface area contributed by atoms with Crippen molar-refractivity contribution in [1.29, 1.82) is 0 Å². The lowest BCUT2D eigenvalue weighted by Crippen LogP contribution is -2.39. The molecule has 8 heteroatoms. The van der Waals surface area contributed by atoms with Crippen molar-refractivity contribution >= 4 is 5.91 Å². The van der Waals surface area contributed by atoms with Gasteiger partial charge in [0.05, 0.1) is 0 Å². The second-order valence-corrected chi connectivity index (χ2v) is 6.87. The summed E-state index contributed by atoms with van der Waals surface area (Å²) in [5.41, 5.74) is 0.444. The molecule has 2 aliphatic rings. The number of nitrogens with zero attached hydrogens (tertiary/aromatic N) is 5. The van der Waals surface area contributed by atoms with Crippen molar-refractivity contribution in [3.8, 4) is 0 Å². The number of aromatic nitrogens is 4. The lowest BCUT2D eigenvalue weighted by molar-refractivity contribution is -0.133. The zero-order chi connectivity index (χ0) is 17.6. The first kappa shape index (κ1) is 16.1. The minimum Gasteiger partial charge on any atom is -0.342 e. The van der Waals surface area contributed by atoms with Gasteiger partial charge in [0.2, 0.25) is 5.91 Å². The van der Waals surface area contributed by atoms with Gasteiger partial charge in [-0.25, -0.2) is 13.5 Å². The fourth-order valence-electron chi connectivity index (χ4n) is 3.79. The van der Waals surface area contributed by atoms with Gasteiger partial charge < -0.3 is 4.90 Å². The third kappa shape index (κ3) is 3.01. The summed E-state index contributed by atoms with van der Waals surface area (Å²) in [5, 5.41) is 11.6. The number of rotatable bonds is 3. The normalized spacial score (nSPS) is 23.7. The molecule has 1 saturated heterocycles. The largest absolute Gasteiger partial charge is 0.342 e. The lowest BCUT2D eigenvalue weighted by atomic mass is 9.95. The minimum absolute atomic E-state index is 0.0725. The second-order valence-electron chi connectivity index (χ2n) is 6.87. The highest BCUT2D eigenvalue weighted by Crippen LogP contribution is 2.49. The van der Waals surface area contributed by atoms with Crippen LogP contribution in [-0.4, -0.2) is 44.1 Å². The molecular weight excluding hydrogens is 328 g/mol. The van der Waals surface area contributed by atoms with E-state index in [0.717, 1.165) is 24.7 Å². The van der Waals surface area contributed by atoms with Gasteiger partial charge in [-0.3, -0.25) is 4.79 Å².